The van der Waals surface area contributed by atoms with Gasteiger partial charge in [0.25, 0.3) is 0 Å². The first-order chi connectivity index (χ1) is 8.06. The van der Waals surface area contributed by atoms with Crippen molar-refractivity contribution in [3.63, 3.8) is 0 Å². The van der Waals surface area contributed by atoms with E-state index in [0.717, 1.165) is 10.9 Å². The van der Waals surface area contributed by atoms with E-state index in [4.69, 9.17) is 0 Å². The van der Waals surface area contributed by atoms with Crippen LogP contribution in [0.25, 0.3) is 0 Å². The van der Waals surface area contributed by atoms with Gasteiger partial charge in [0.2, 0.25) is 0 Å². The number of alkyl halides is 1. The Morgan fingerprint density at radius 1 is 1.18 bits per heavy atom. The number of thiophene rings is 1. The Hall–Kier alpha value is 0.360. The van der Waals surface area contributed by atoms with Crippen LogP contribution in [0.5, 0.6) is 0 Å². The standard InChI is InChI=1S/C13H11Br3S/c1-8-11(15)7-13(17-8)12(16)6-9-2-4-10(14)5-3-9/h2-5,7,12H,6H2,1H3. The molecule has 0 aliphatic carbocycles. The van der Waals surface area contributed by atoms with Gasteiger partial charge in [-0.15, -0.1) is 11.3 Å². The van der Waals surface area contributed by atoms with Crippen molar-refractivity contribution in [2.24, 2.45) is 0 Å². The molecular weight excluding hydrogens is 428 g/mol. The van der Waals surface area contributed by atoms with Crippen LogP contribution in [0.3, 0.4) is 0 Å². The molecule has 1 aromatic carbocycles. The fraction of sp³-hybridized carbons (Fsp3) is 0.231. The average Bonchev–Trinajstić information content (AvgIpc) is 2.63. The van der Waals surface area contributed by atoms with E-state index in [1.54, 1.807) is 0 Å². The molecule has 2 rings (SSSR count). The molecule has 4 heteroatoms. The molecule has 0 bridgehead atoms. The third-order valence-corrected chi connectivity index (χ3v) is 6.41. The van der Waals surface area contributed by atoms with E-state index in [1.807, 2.05) is 11.3 Å². The lowest BCUT2D eigenvalue weighted by molar-refractivity contribution is 0.968. The first-order valence-corrected chi connectivity index (χ1v) is 8.52. The number of hydrogen-bond donors (Lipinski definition) is 0. The van der Waals surface area contributed by atoms with E-state index in [-0.39, 0.29) is 0 Å². The zero-order chi connectivity index (χ0) is 12.4. The van der Waals surface area contributed by atoms with Gasteiger partial charge in [-0.25, -0.2) is 0 Å². The molecule has 0 radical (unpaired) electrons. The van der Waals surface area contributed by atoms with Crippen LogP contribution < -0.4 is 0 Å². The summed E-state index contributed by atoms with van der Waals surface area (Å²) in [5, 5.41) is 0. The first-order valence-electron chi connectivity index (χ1n) is 5.20. The van der Waals surface area contributed by atoms with Gasteiger partial charge in [-0.2, -0.15) is 0 Å². The van der Waals surface area contributed by atoms with E-state index in [1.165, 1.54) is 19.8 Å². The lowest BCUT2D eigenvalue weighted by Crippen LogP contribution is -1.92. The lowest BCUT2D eigenvalue weighted by atomic mass is 10.1. The van der Waals surface area contributed by atoms with E-state index in [9.17, 15) is 0 Å². The smallest absolute Gasteiger partial charge is 0.0529 e. The van der Waals surface area contributed by atoms with Crippen molar-refractivity contribution in [2.75, 3.05) is 0 Å². The highest BCUT2D eigenvalue weighted by molar-refractivity contribution is 9.11. The monoisotopic (exact) mass is 436 g/mol. The molecule has 17 heavy (non-hydrogen) atoms. The predicted octanol–water partition coefficient (Wildman–Crippen LogP) is 6.26. The van der Waals surface area contributed by atoms with Crippen molar-refractivity contribution in [2.45, 2.75) is 18.2 Å². The minimum absolute atomic E-state index is 0.388. The van der Waals surface area contributed by atoms with Crippen LogP contribution >= 0.6 is 59.1 Å². The van der Waals surface area contributed by atoms with Crippen LogP contribution in [-0.2, 0) is 6.42 Å². The van der Waals surface area contributed by atoms with Crippen molar-refractivity contribution in [3.8, 4) is 0 Å². The fourth-order valence-corrected chi connectivity index (χ4v) is 4.15. The summed E-state index contributed by atoms with van der Waals surface area (Å²) in [6.45, 7) is 2.14. The summed E-state index contributed by atoms with van der Waals surface area (Å²) in [7, 11) is 0. The first kappa shape index (κ1) is 13.8. The molecule has 0 spiro atoms. The Morgan fingerprint density at radius 3 is 2.35 bits per heavy atom. The van der Waals surface area contributed by atoms with Gasteiger partial charge in [-0.3, -0.25) is 0 Å². The summed E-state index contributed by atoms with van der Waals surface area (Å²) in [5.74, 6) is 0. The second kappa shape index (κ2) is 6.00. The SMILES string of the molecule is Cc1sc(C(Br)Cc2ccc(Br)cc2)cc1Br. The number of halogens is 3. The molecule has 90 valence electrons. The van der Waals surface area contributed by atoms with E-state index in [2.05, 4.69) is 85.0 Å². The minimum Gasteiger partial charge on any atom is -0.143 e. The molecule has 0 aliphatic heterocycles. The van der Waals surface area contributed by atoms with Crippen LogP contribution in [0, 0.1) is 6.92 Å². The molecule has 0 saturated heterocycles. The third-order valence-electron chi connectivity index (χ3n) is 2.51. The highest BCUT2D eigenvalue weighted by atomic mass is 79.9. The second-order valence-corrected chi connectivity index (χ2v) is 8.01. The number of hydrogen-bond acceptors (Lipinski definition) is 1. The molecule has 0 fully saturated rings. The summed E-state index contributed by atoms with van der Waals surface area (Å²) in [4.78, 5) is 3.09. The zero-order valence-corrected chi connectivity index (χ0v) is 14.8. The van der Waals surface area contributed by atoms with Crippen LogP contribution in [0.15, 0.2) is 39.3 Å². The van der Waals surface area contributed by atoms with Gasteiger partial charge in [0.15, 0.2) is 0 Å². The van der Waals surface area contributed by atoms with Crippen LogP contribution in [0.2, 0.25) is 0 Å². The molecule has 1 atom stereocenters. The molecule has 0 saturated carbocycles. The molecular formula is C13H11Br3S. The average molecular weight is 439 g/mol. The lowest BCUT2D eigenvalue weighted by Gasteiger charge is -2.07. The maximum Gasteiger partial charge on any atom is 0.0529 e. The Morgan fingerprint density at radius 2 is 1.82 bits per heavy atom. The quantitative estimate of drug-likeness (QED) is 0.496. The number of rotatable bonds is 3. The fourth-order valence-electron chi connectivity index (χ4n) is 1.56. The molecule has 0 aliphatic rings. The largest absolute Gasteiger partial charge is 0.143 e. The van der Waals surface area contributed by atoms with Crippen molar-refractivity contribution in [3.05, 3.63) is 54.6 Å². The van der Waals surface area contributed by atoms with Crippen LogP contribution in [-0.4, -0.2) is 0 Å². The molecule has 0 N–H and O–H groups in total. The van der Waals surface area contributed by atoms with Crippen LogP contribution in [0.1, 0.15) is 20.1 Å². The molecule has 0 amide bonds. The Kier molecular flexibility index (Phi) is 4.87. The molecule has 1 unspecified atom stereocenters. The maximum absolute atomic E-state index is 3.77. The third kappa shape index (κ3) is 3.66. The van der Waals surface area contributed by atoms with E-state index < -0.39 is 0 Å². The second-order valence-electron chi connectivity index (χ2n) is 3.85. The predicted molar refractivity (Wildman–Crippen MR) is 86.3 cm³/mol. The van der Waals surface area contributed by atoms with Crippen molar-refractivity contribution < 1.29 is 0 Å². The van der Waals surface area contributed by atoms with Gasteiger partial charge in [0.05, 0.1) is 4.83 Å². The molecule has 1 aromatic heterocycles. The van der Waals surface area contributed by atoms with Gasteiger partial charge >= 0.3 is 0 Å². The van der Waals surface area contributed by atoms with Gasteiger partial charge in [-0.1, -0.05) is 44.0 Å². The van der Waals surface area contributed by atoms with Gasteiger partial charge < -0.3 is 0 Å². The highest BCUT2D eigenvalue weighted by Gasteiger charge is 2.12. The topological polar surface area (TPSA) is 0 Å². The van der Waals surface area contributed by atoms with E-state index in [0.29, 0.717) is 4.83 Å². The van der Waals surface area contributed by atoms with Crippen molar-refractivity contribution in [1.29, 1.82) is 0 Å². The summed E-state index contributed by atoms with van der Waals surface area (Å²) in [6.07, 6.45) is 1.01. The normalized spacial score (nSPS) is 12.7. The van der Waals surface area contributed by atoms with Gasteiger partial charge in [0, 0.05) is 18.7 Å². The Balaban J connectivity index is 2.11. The molecule has 2 aromatic rings. The van der Waals surface area contributed by atoms with Crippen molar-refractivity contribution >= 4 is 59.1 Å². The Labute approximate surface area is 131 Å². The van der Waals surface area contributed by atoms with Gasteiger partial charge in [-0.05, 0) is 53.0 Å². The van der Waals surface area contributed by atoms with Crippen molar-refractivity contribution in [1.82, 2.24) is 0 Å². The van der Waals surface area contributed by atoms with Crippen LogP contribution in [0.4, 0.5) is 0 Å². The Bertz CT molecular complexity index is 482. The van der Waals surface area contributed by atoms with Gasteiger partial charge in [0.1, 0.15) is 0 Å². The maximum atomic E-state index is 3.77. The zero-order valence-electron chi connectivity index (χ0n) is 9.21. The highest BCUT2D eigenvalue weighted by Crippen LogP contribution is 2.36. The minimum atomic E-state index is 0.388. The summed E-state index contributed by atoms with van der Waals surface area (Å²) in [5.41, 5.74) is 1.34. The number of benzene rings is 1. The summed E-state index contributed by atoms with van der Waals surface area (Å²) >= 11 is 12.6. The van der Waals surface area contributed by atoms with E-state index >= 15 is 0 Å². The molecule has 1 heterocycles. The molecule has 0 nitrogen and oxygen atoms in total. The summed E-state index contributed by atoms with van der Waals surface area (Å²) in [6, 6.07) is 10.7. The number of aryl methyl sites for hydroxylation is 1. The summed E-state index contributed by atoms with van der Waals surface area (Å²) < 4.78 is 2.33.